The second kappa shape index (κ2) is 7.16. The molecule has 1 N–H and O–H groups in total. The van der Waals surface area contributed by atoms with Crippen LogP contribution in [0.3, 0.4) is 0 Å². The van der Waals surface area contributed by atoms with Gasteiger partial charge < -0.3 is 10.1 Å². The van der Waals surface area contributed by atoms with Crippen LogP contribution >= 0.6 is 11.3 Å². The minimum atomic E-state index is -3.54. The van der Waals surface area contributed by atoms with E-state index in [1.807, 2.05) is 13.0 Å². The summed E-state index contributed by atoms with van der Waals surface area (Å²) in [5.74, 6) is 0.683. The quantitative estimate of drug-likeness (QED) is 0.719. The zero-order valence-corrected chi connectivity index (χ0v) is 16.7. The van der Waals surface area contributed by atoms with Crippen LogP contribution in [0.15, 0.2) is 35.5 Å². The molecule has 1 aromatic carbocycles. The number of thiophene rings is 1. The van der Waals surface area contributed by atoms with Crippen molar-refractivity contribution in [2.75, 3.05) is 31.6 Å². The Bertz CT molecular complexity index is 1090. The van der Waals surface area contributed by atoms with Crippen LogP contribution in [0.1, 0.15) is 10.4 Å². The van der Waals surface area contributed by atoms with E-state index in [4.69, 9.17) is 4.74 Å². The maximum absolute atomic E-state index is 12.9. The van der Waals surface area contributed by atoms with Gasteiger partial charge in [-0.3, -0.25) is 0 Å². The molecule has 2 aromatic heterocycles. The van der Waals surface area contributed by atoms with Crippen LogP contribution in [0.5, 0.6) is 0 Å². The van der Waals surface area contributed by atoms with E-state index in [0.717, 1.165) is 15.8 Å². The Morgan fingerprint density at radius 1 is 1.19 bits per heavy atom. The SMILES string of the molecule is Cc1sc2ncnc(Nc3cccc(S(=O)(=O)N4CCOCC4)c3)c2c1C. The van der Waals surface area contributed by atoms with E-state index in [2.05, 4.69) is 22.2 Å². The van der Waals surface area contributed by atoms with Crippen molar-refractivity contribution >= 4 is 43.1 Å². The summed E-state index contributed by atoms with van der Waals surface area (Å²) in [5.41, 5.74) is 1.81. The van der Waals surface area contributed by atoms with Crippen molar-refractivity contribution in [1.82, 2.24) is 14.3 Å². The van der Waals surface area contributed by atoms with Gasteiger partial charge in [-0.2, -0.15) is 4.31 Å². The lowest BCUT2D eigenvalue weighted by Gasteiger charge is -2.26. The number of ether oxygens (including phenoxy) is 1. The summed E-state index contributed by atoms with van der Waals surface area (Å²) in [6.07, 6.45) is 1.52. The monoisotopic (exact) mass is 404 g/mol. The van der Waals surface area contributed by atoms with Crippen molar-refractivity contribution in [3.63, 3.8) is 0 Å². The molecular formula is C18H20N4O3S2. The minimum absolute atomic E-state index is 0.262. The van der Waals surface area contributed by atoms with Crippen LogP contribution in [0.25, 0.3) is 10.2 Å². The van der Waals surface area contributed by atoms with Crippen LogP contribution in [-0.2, 0) is 14.8 Å². The fourth-order valence-corrected chi connectivity index (χ4v) is 5.54. The molecule has 7 nitrogen and oxygen atoms in total. The molecule has 27 heavy (non-hydrogen) atoms. The summed E-state index contributed by atoms with van der Waals surface area (Å²) in [6.45, 7) is 5.70. The molecule has 3 heterocycles. The van der Waals surface area contributed by atoms with Gasteiger partial charge in [-0.05, 0) is 37.6 Å². The van der Waals surface area contributed by atoms with Crippen LogP contribution in [0, 0.1) is 13.8 Å². The van der Waals surface area contributed by atoms with Gasteiger partial charge in [0.15, 0.2) is 0 Å². The molecule has 1 aliphatic heterocycles. The number of aromatic nitrogens is 2. The van der Waals surface area contributed by atoms with Crippen molar-refractivity contribution in [2.45, 2.75) is 18.7 Å². The fraction of sp³-hybridized carbons (Fsp3) is 0.333. The molecule has 0 unspecified atom stereocenters. The number of rotatable bonds is 4. The van der Waals surface area contributed by atoms with E-state index >= 15 is 0 Å². The van der Waals surface area contributed by atoms with E-state index in [1.165, 1.54) is 15.5 Å². The van der Waals surface area contributed by atoms with Gasteiger partial charge >= 0.3 is 0 Å². The number of nitrogens with one attached hydrogen (secondary N) is 1. The number of hydrogen-bond acceptors (Lipinski definition) is 7. The standard InChI is InChI=1S/C18H20N4O3S2/c1-12-13(2)26-18-16(12)17(19-11-20-18)21-14-4-3-5-15(10-14)27(23,24)22-6-8-25-9-7-22/h3-5,10-11H,6-9H2,1-2H3,(H,19,20,21). The summed E-state index contributed by atoms with van der Waals surface area (Å²) in [7, 11) is -3.54. The van der Waals surface area contributed by atoms with Crippen LogP contribution in [0.2, 0.25) is 0 Å². The minimum Gasteiger partial charge on any atom is -0.379 e. The smallest absolute Gasteiger partial charge is 0.243 e. The molecule has 0 spiro atoms. The molecule has 1 aliphatic rings. The largest absolute Gasteiger partial charge is 0.379 e. The molecule has 4 rings (SSSR count). The Balaban J connectivity index is 1.68. The molecule has 0 bridgehead atoms. The van der Waals surface area contributed by atoms with Gasteiger partial charge in [-0.15, -0.1) is 11.3 Å². The highest BCUT2D eigenvalue weighted by Gasteiger charge is 2.26. The predicted molar refractivity (Wildman–Crippen MR) is 106 cm³/mol. The van der Waals surface area contributed by atoms with Crippen molar-refractivity contribution in [3.8, 4) is 0 Å². The second-order valence-electron chi connectivity index (χ2n) is 6.35. The lowest BCUT2D eigenvalue weighted by atomic mass is 10.2. The first kappa shape index (κ1) is 18.3. The third-order valence-corrected chi connectivity index (χ3v) is 7.68. The van der Waals surface area contributed by atoms with Gasteiger partial charge in [0.2, 0.25) is 10.0 Å². The summed E-state index contributed by atoms with van der Waals surface area (Å²) in [4.78, 5) is 11.1. The highest BCUT2D eigenvalue weighted by Crippen LogP contribution is 2.34. The molecule has 1 saturated heterocycles. The number of fused-ring (bicyclic) bond motifs is 1. The first-order valence-corrected chi connectivity index (χ1v) is 10.9. The third-order valence-electron chi connectivity index (χ3n) is 4.67. The number of benzene rings is 1. The fourth-order valence-electron chi connectivity index (χ4n) is 3.08. The van der Waals surface area contributed by atoms with Crippen LogP contribution in [-0.4, -0.2) is 49.0 Å². The average molecular weight is 405 g/mol. The Morgan fingerprint density at radius 3 is 2.74 bits per heavy atom. The highest BCUT2D eigenvalue weighted by atomic mass is 32.2. The van der Waals surface area contributed by atoms with Gasteiger partial charge in [0.25, 0.3) is 0 Å². The molecule has 0 saturated carbocycles. The summed E-state index contributed by atoms with van der Waals surface area (Å²) in [5, 5.41) is 4.24. The molecule has 0 aliphatic carbocycles. The topological polar surface area (TPSA) is 84.4 Å². The maximum atomic E-state index is 12.9. The highest BCUT2D eigenvalue weighted by molar-refractivity contribution is 7.89. The van der Waals surface area contributed by atoms with Crippen molar-refractivity contribution in [2.24, 2.45) is 0 Å². The Morgan fingerprint density at radius 2 is 1.96 bits per heavy atom. The summed E-state index contributed by atoms with van der Waals surface area (Å²) >= 11 is 1.62. The van der Waals surface area contributed by atoms with Gasteiger partial charge in [0.1, 0.15) is 17.0 Å². The van der Waals surface area contributed by atoms with E-state index in [9.17, 15) is 8.42 Å². The Kier molecular flexibility index (Phi) is 4.85. The Hall–Kier alpha value is -2.07. The zero-order valence-electron chi connectivity index (χ0n) is 15.1. The first-order valence-electron chi connectivity index (χ1n) is 8.62. The van der Waals surface area contributed by atoms with Crippen molar-refractivity contribution in [1.29, 1.82) is 0 Å². The summed E-state index contributed by atoms with van der Waals surface area (Å²) < 4.78 is 32.5. The number of nitrogens with zero attached hydrogens (tertiary/aromatic N) is 3. The molecule has 1 fully saturated rings. The van der Waals surface area contributed by atoms with E-state index in [0.29, 0.717) is 37.8 Å². The molecule has 0 radical (unpaired) electrons. The van der Waals surface area contributed by atoms with Gasteiger partial charge in [-0.25, -0.2) is 18.4 Å². The third kappa shape index (κ3) is 3.43. The zero-order chi connectivity index (χ0) is 19.0. The molecule has 0 atom stereocenters. The number of anilines is 2. The van der Waals surface area contributed by atoms with E-state index < -0.39 is 10.0 Å². The van der Waals surface area contributed by atoms with Crippen molar-refractivity contribution in [3.05, 3.63) is 41.0 Å². The predicted octanol–water partition coefficient (Wildman–Crippen LogP) is 3.07. The van der Waals surface area contributed by atoms with Crippen LogP contribution in [0.4, 0.5) is 11.5 Å². The molecule has 3 aromatic rings. The lowest BCUT2D eigenvalue weighted by molar-refractivity contribution is 0.0730. The number of hydrogen-bond donors (Lipinski definition) is 1. The van der Waals surface area contributed by atoms with Crippen molar-refractivity contribution < 1.29 is 13.2 Å². The van der Waals surface area contributed by atoms with Gasteiger partial charge in [0, 0.05) is 23.7 Å². The molecular weight excluding hydrogens is 384 g/mol. The second-order valence-corrected chi connectivity index (χ2v) is 9.50. The van der Waals surface area contributed by atoms with Gasteiger partial charge in [0.05, 0.1) is 23.5 Å². The van der Waals surface area contributed by atoms with Gasteiger partial charge in [-0.1, -0.05) is 6.07 Å². The normalized spacial score (nSPS) is 15.9. The molecule has 9 heteroatoms. The average Bonchev–Trinajstić information content (AvgIpc) is 2.98. The number of aryl methyl sites for hydroxylation is 2. The molecule has 142 valence electrons. The van der Waals surface area contributed by atoms with E-state index in [1.54, 1.807) is 29.5 Å². The first-order chi connectivity index (χ1) is 13.0. The molecule has 0 amide bonds. The van der Waals surface area contributed by atoms with E-state index in [-0.39, 0.29) is 4.90 Å². The lowest BCUT2D eigenvalue weighted by Crippen LogP contribution is -2.40. The number of morpholine rings is 1. The number of sulfonamides is 1. The van der Waals surface area contributed by atoms with Crippen LogP contribution < -0.4 is 5.32 Å². The Labute approximate surface area is 162 Å². The summed E-state index contributed by atoms with van der Waals surface area (Å²) in [6, 6.07) is 6.83. The maximum Gasteiger partial charge on any atom is 0.243 e.